The van der Waals surface area contributed by atoms with E-state index < -0.39 is 16.0 Å². The molecule has 2 rings (SSSR count). The number of anilines is 1. The molecule has 0 bridgehead atoms. The number of aromatic nitrogens is 1. The lowest BCUT2D eigenvalue weighted by Gasteiger charge is -2.07. The van der Waals surface area contributed by atoms with Gasteiger partial charge in [0.25, 0.3) is 15.9 Å². The van der Waals surface area contributed by atoms with Crippen molar-refractivity contribution >= 4 is 37.8 Å². The van der Waals surface area contributed by atoms with E-state index in [1.54, 1.807) is 19.1 Å². The molecule has 0 aliphatic carbocycles. The van der Waals surface area contributed by atoms with Gasteiger partial charge in [-0.25, -0.2) is 17.9 Å². The summed E-state index contributed by atoms with van der Waals surface area (Å²) in [5.74, 6) is -0.964. The van der Waals surface area contributed by atoms with Crippen molar-refractivity contribution in [3.63, 3.8) is 0 Å². The molecule has 0 amide bonds. The molecular formula is C13H13BrN2O5S. The Morgan fingerprint density at radius 2 is 2.00 bits per heavy atom. The number of nitrogens with zero attached hydrogens (tertiary/aromatic N) is 1. The van der Waals surface area contributed by atoms with Crippen LogP contribution in [0.3, 0.4) is 0 Å². The van der Waals surface area contributed by atoms with Crippen molar-refractivity contribution in [2.24, 2.45) is 0 Å². The predicted octanol–water partition coefficient (Wildman–Crippen LogP) is 2.72. The molecule has 0 saturated carbocycles. The Labute approximate surface area is 135 Å². The molecule has 0 radical (unpaired) electrons. The van der Waals surface area contributed by atoms with Gasteiger partial charge in [-0.15, -0.1) is 0 Å². The highest BCUT2D eigenvalue weighted by molar-refractivity contribution is 9.10. The zero-order valence-electron chi connectivity index (χ0n) is 11.8. The normalized spacial score (nSPS) is 11.2. The number of benzene rings is 1. The van der Waals surface area contributed by atoms with Gasteiger partial charge in [-0.05, 0) is 38.1 Å². The number of hydrogen-bond donors (Lipinski definition) is 1. The second kappa shape index (κ2) is 6.49. The lowest BCUT2D eigenvalue weighted by atomic mass is 10.2. The maximum Gasteiger partial charge on any atom is 0.345 e. The maximum atomic E-state index is 12.3. The summed E-state index contributed by atoms with van der Waals surface area (Å²) in [7, 11) is -3.90. The molecule has 0 spiro atoms. The van der Waals surface area contributed by atoms with Gasteiger partial charge in [0, 0.05) is 4.47 Å². The number of sulfonamides is 1. The van der Waals surface area contributed by atoms with Gasteiger partial charge in [-0.1, -0.05) is 21.1 Å². The summed E-state index contributed by atoms with van der Waals surface area (Å²) in [5.41, 5.74) is 0.203. The third-order valence-corrected chi connectivity index (χ3v) is 4.57. The molecule has 0 fully saturated rings. The number of hydrogen-bond acceptors (Lipinski definition) is 6. The van der Waals surface area contributed by atoms with Crippen molar-refractivity contribution in [1.29, 1.82) is 0 Å². The van der Waals surface area contributed by atoms with Gasteiger partial charge in [0.05, 0.1) is 17.2 Å². The first-order chi connectivity index (χ1) is 10.3. The fourth-order valence-corrected chi connectivity index (χ4v) is 2.94. The van der Waals surface area contributed by atoms with Crippen LogP contribution in [-0.2, 0) is 14.8 Å². The van der Waals surface area contributed by atoms with E-state index in [1.807, 2.05) is 0 Å². The van der Waals surface area contributed by atoms with Crippen molar-refractivity contribution in [3.05, 3.63) is 40.0 Å². The van der Waals surface area contributed by atoms with E-state index in [0.29, 0.717) is 0 Å². The first-order valence-electron chi connectivity index (χ1n) is 6.27. The smallest absolute Gasteiger partial charge is 0.345 e. The summed E-state index contributed by atoms with van der Waals surface area (Å²) >= 11 is 3.23. The number of rotatable bonds is 5. The summed E-state index contributed by atoms with van der Waals surface area (Å²) in [6, 6.07) is 6.01. The fraction of sp³-hybridized carbons (Fsp3) is 0.231. The second-order valence-electron chi connectivity index (χ2n) is 4.25. The summed E-state index contributed by atoms with van der Waals surface area (Å²) in [4.78, 5) is 11.9. The van der Waals surface area contributed by atoms with E-state index >= 15 is 0 Å². The number of ether oxygens (including phenoxy) is 1. The molecule has 1 aromatic carbocycles. The standard InChI is InChI=1S/C13H13BrN2O5S/c1-3-20-13(17)11-8(2)15-21-12(11)16-22(18,19)10-6-4-9(14)5-7-10/h4-7,16H,3H2,1-2H3. The maximum absolute atomic E-state index is 12.3. The first-order valence-corrected chi connectivity index (χ1v) is 8.54. The SMILES string of the molecule is CCOC(=O)c1c(C)noc1NS(=O)(=O)c1ccc(Br)cc1. The van der Waals surface area contributed by atoms with Gasteiger partial charge in [0.15, 0.2) is 0 Å². The van der Waals surface area contributed by atoms with Gasteiger partial charge in [0.1, 0.15) is 5.56 Å². The molecule has 1 heterocycles. The van der Waals surface area contributed by atoms with E-state index in [9.17, 15) is 13.2 Å². The van der Waals surface area contributed by atoms with Gasteiger partial charge in [-0.2, -0.15) is 0 Å². The van der Waals surface area contributed by atoms with Crippen LogP contribution in [-0.4, -0.2) is 26.2 Å². The van der Waals surface area contributed by atoms with Crippen molar-refractivity contribution in [2.45, 2.75) is 18.7 Å². The topological polar surface area (TPSA) is 98.5 Å². The molecular weight excluding hydrogens is 376 g/mol. The van der Waals surface area contributed by atoms with E-state index in [2.05, 4.69) is 25.8 Å². The number of esters is 1. The van der Waals surface area contributed by atoms with E-state index in [1.165, 1.54) is 19.1 Å². The Hall–Kier alpha value is -1.87. The molecule has 22 heavy (non-hydrogen) atoms. The van der Waals surface area contributed by atoms with Gasteiger partial charge in [0.2, 0.25) is 0 Å². The third kappa shape index (κ3) is 3.47. The van der Waals surface area contributed by atoms with Crippen LogP contribution in [0.5, 0.6) is 0 Å². The van der Waals surface area contributed by atoms with Crippen LogP contribution in [0.15, 0.2) is 38.2 Å². The minimum absolute atomic E-state index is 0.0274. The van der Waals surface area contributed by atoms with E-state index in [4.69, 9.17) is 9.26 Å². The van der Waals surface area contributed by atoms with Gasteiger partial charge in [-0.3, -0.25) is 0 Å². The highest BCUT2D eigenvalue weighted by Gasteiger charge is 2.26. The summed E-state index contributed by atoms with van der Waals surface area (Å²) in [6.45, 7) is 3.32. The van der Waals surface area contributed by atoms with Crippen LogP contribution >= 0.6 is 15.9 Å². The van der Waals surface area contributed by atoms with Crippen molar-refractivity contribution < 1.29 is 22.5 Å². The van der Waals surface area contributed by atoms with Crippen LogP contribution in [0.25, 0.3) is 0 Å². The van der Waals surface area contributed by atoms with Gasteiger partial charge >= 0.3 is 5.97 Å². The number of nitrogens with one attached hydrogen (secondary N) is 1. The molecule has 0 aliphatic rings. The third-order valence-electron chi connectivity index (χ3n) is 2.69. The summed E-state index contributed by atoms with van der Waals surface area (Å²) in [6.07, 6.45) is 0. The van der Waals surface area contributed by atoms with Crippen molar-refractivity contribution in [2.75, 3.05) is 11.3 Å². The Morgan fingerprint density at radius 3 is 2.59 bits per heavy atom. The molecule has 2 aromatic rings. The molecule has 0 atom stereocenters. The Kier molecular flexibility index (Phi) is 4.87. The molecule has 1 aromatic heterocycles. The molecule has 9 heteroatoms. The van der Waals surface area contributed by atoms with Crippen LogP contribution in [0.2, 0.25) is 0 Å². The molecule has 0 saturated heterocycles. The van der Waals surface area contributed by atoms with E-state index in [0.717, 1.165) is 4.47 Å². The summed E-state index contributed by atoms with van der Waals surface area (Å²) < 4.78 is 37.3. The molecule has 0 aliphatic heterocycles. The summed E-state index contributed by atoms with van der Waals surface area (Å²) in [5, 5.41) is 3.60. The van der Waals surface area contributed by atoms with Crippen molar-refractivity contribution in [3.8, 4) is 0 Å². The second-order valence-corrected chi connectivity index (χ2v) is 6.85. The van der Waals surface area contributed by atoms with E-state index in [-0.39, 0.29) is 28.6 Å². The average molecular weight is 389 g/mol. The largest absolute Gasteiger partial charge is 0.462 e. The Balaban J connectivity index is 2.34. The number of aryl methyl sites for hydroxylation is 1. The van der Waals surface area contributed by atoms with Crippen molar-refractivity contribution in [1.82, 2.24) is 5.16 Å². The lowest BCUT2D eigenvalue weighted by molar-refractivity contribution is 0.0526. The predicted molar refractivity (Wildman–Crippen MR) is 82.1 cm³/mol. The molecule has 1 N–H and O–H groups in total. The lowest BCUT2D eigenvalue weighted by Crippen LogP contribution is -2.15. The number of halogens is 1. The molecule has 118 valence electrons. The number of carbonyl (C=O) groups excluding carboxylic acids is 1. The van der Waals surface area contributed by atoms with Crippen LogP contribution in [0.4, 0.5) is 5.88 Å². The monoisotopic (exact) mass is 388 g/mol. The number of carbonyl (C=O) groups is 1. The minimum atomic E-state index is -3.90. The Morgan fingerprint density at radius 1 is 1.36 bits per heavy atom. The minimum Gasteiger partial charge on any atom is -0.462 e. The average Bonchev–Trinajstić information content (AvgIpc) is 2.80. The van der Waals surface area contributed by atoms with Crippen LogP contribution in [0, 0.1) is 6.92 Å². The van der Waals surface area contributed by atoms with Gasteiger partial charge < -0.3 is 9.26 Å². The Bertz CT molecular complexity index is 783. The van der Waals surface area contributed by atoms with Crippen LogP contribution in [0.1, 0.15) is 23.0 Å². The van der Waals surface area contributed by atoms with Crippen LogP contribution < -0.4 is 4.72 Å². The molecule has 0 unspecified atom stereocenters. The first kappa shape index (κ1) is 16.5. The highest BCUT2D eigenvalue weighted by atomic mass is 79.9. The molecule has 7 nitrogen and oxygen atoms in total. The zero-order valence-corrected chi connectivity index (χ0v) is 14.2. The fourth-order valence-electron chi connectivity index (χ4n) is 1.68. The zero-order chi connectivity index (χ0) is 16.3. The quantitative estimate of drug-likeness (QED) is 0.790. The highest BCUT2D eigenvalue weighted by Crippen LogP contribution is 2.24.